The minimum atomic E-state index is -3.60. The van der Waals surface area contributed by atoms with Crippen molar-refractivity contribution in [2.75, 3.05) is 18.9 Å². The van der Waals surface area contributed by atoms with Gasteiger partial charge in [0.05, 0.1) is 15.5 Å². The molecular weight excluding hydrogens is 470 g/mol. The van der Waals surface area contributed by atoms with Gasteiger partial charge in [0.1, 0.15) is 0 Å². The smallest absolute Gasteiger partial charge is 0.243 e. The van der Waals surface area contributed by atoms with Gasteiger partial charge in [-0.05, 0) is 23.6 Å². The summed E-state index contributed by atoms with van der Waals surface area (Å²) in [6.45, 7) is 4.39. The summed E-state index contributed by atoms with van der Waals surface area (Å²) in [5, 5.41) is 14.6. The third-order valence-electron chi connectivity index (χ3n) is 4.63. The second kappa shape index (κ2) is 9.40. The highest BCUT2D eigenvalue weighted by molar-refractivity contribution is 7.98. The second-order valence-corrected chi connectivity index (χ2v) is 10.4. The van der Waals surface area contributed by atoms with Gasteiger partial charge in [0.25, 0.3) is 0 Å². The number of nitrogen functional groups attached to an aromatic ring is 1. The highest BCUT2D eigenvalue weighted by atomic mass is 32.2. The van der Waals surface area contributed by atoms with Crippen LogP contribution >= 0.6 is 23.1 Å². The molecule has 0 aliphatic heterocycles. The number of hydrogen-bond donors (Lipinski definition) is 1. The van der Waals surface area contributed by atoms with Crippen LogP contribution in [-0.2, 0) is 15.8 Å². The van der Waals surface area contributed by atoms with Crippen LogP contribution < -0.4 is 5.84 Å². The number of benzene rings is 1. The van der Waals surface area contributed by atoms with Crippen LogP contribution in [0.1, 0.15) is 19.7 Å². The average Bonchev–Trinajstić information content (AvgIpc) is 3.54. The summed E-state index contributed by atoms with van der Waals surface area (Å²) < 4.78 is 33.7. The molecule has 4 aromatic rings. The monoisotopic (exact) mass is 491 g/mol. The molecule has 32 heavy (non-hydrogen) atoms. The van der Waals surface area contributed by atoms with Crippen molar-refractivity contribution < 1.29 is 12.9 Å². The van der Waals surface area contributed by atoms with Gasteiger partial charge in [0, 0.05) is 18.7 Å². The van der Waals surface area contributed by atoms with Gasteiger partial charge >= 0.3 is 0 Å². The zero-order valence-electron chi connectivity index (χ0n) is 17.4. The molecule has 3 heterocycles. The molecular formula is C19H21N7O3S3. The first-order valence-corrected chi connectivity index (χ1v) is 13.0. The Kier molecular flexibility index (Phi) is 6.60. The highest BCUT2D eigenvalue weighted by Crippen LogP contribution is 2.27. The number of nitrogens with zero attached hydrogens (tertiary/aromatic N) is 6. The van der Waals surface area contributed by atoms with Gasteiger partial charge in [0.15, 0.2) is 5.82 Å². The Morgan fingerprint density at radius 1 is 1.19 bits per heavy atom. The predicted molar refractivity (Wildman–Crippen MR) is 123 cm³/mol. The summed E-state index contributed by atoms with van der Waals surface area (Å²) in [5.74, 6) is 7.90. The number of aromatic nitrogens is 5. The molecule has 1 aromatic carbocycles. The standard InChI is InChI=1S/C19H21N7O3S3/c1-3-25(4-2)32(27,28)14-8-5-7-13(11-14)18-22-23-19(26(18)20)31-12-16-21-17(24-29-16)15-9-6-10-30-15/h5-11H,3-4,12,20H2,1-2H3. The second-order valence-electron chi connectivity index (χ2n) is 6.57. The Morgan fingerprint density at radius 3 is 2.72 bits per heavy atom. The summed E-state index contributed by atoms with van der Waals surface area (Å²) in [6, 6.07) is 10.4. The Morgan fingerprint density at radius 2 is 2.00 bits per heavy atom. The minimum absolute atomic E-state index is 0.183. The number of thioether (sulfide) groups is 1. The van der Waals surface area contributed by atoms with E-state index in [-0.39, 0.29) is 4.90 Å². The maximum absolute atomic E-state index is 12.8. The van der Waals surface area contributed by atoms with Crippen LogP contribution in [0.5, 0.6) is 0 Å². The third-order valence-corrected chi connectivity index (χ3v) is 8.47. The van der Waals surface area contributed by atoms with Crippen LogP contribution in [0.25, 0.3) is 22.1 Å². The van der Waals surface area contributed by atoms with Crippen molar-refractivity contribution in [3.63, 3.8) is 0 Å². The summed E-state index contributed by atoms with van der Waals surface area (Å²) in [4.78, 5) is 5.48. The molecule has 0 bridgehead atoms. The lowest BCUT2D eigenvalue weighted by atomic mass is 10.2. The van der Waals surface area contributed by atoms with Crippen molar-refractivity contribution in [2.45, 2.75) is 29.7 Å². The minimum Gasteiger partial charge on any atom is -0.338 e. The molecule has 0 unspecified atom stereocenters. The van der Waals surface area contributed by atoms with E-state index in [0.29, 0.717) is 47.1 Å². The number of hydrogen-bond acceptors (Lipinski definition) is 10. The van der Waals surface area contributed by atoms with E-state index in [4.69, 9.17) is 10.4 Å². The van der Waals surface area contributed by atoms with Gasteiger partial charge in [-0.3, -0.25) is 0 Å². The van der Waals surface area contributed by atoms with E-state index in [2.05, 4.69) is 20.3 Å². The molecule has 13 heteroatoms. The Bertz CT molecular complexity index is 1300. The normalized spacial score (nSPS) is 12.0. The van der Waals surface area contributed by atoms with E-state index in [9.17, 15) is 8.42 Å². The molecule has 2 N–H and O–H groups in total. The quantitative estimate of drug-likeness (QED) is 0.277. The van der Waals surface area contributed by atoms with Crippen molar-refractivity contribution in [3.8, 4) is 22.1 Å². The molecule has 168 valence electrons. The molecule has 0 spiro atoms. The van der Waals surface area contributed by atoms with Crippen LogP contribution in [0.3, 0.4) is 0 Å². The number of nitrogens with two attached hydrogens (primary N) is 1. The molecule has 0 atom stereocenters. The molecule has 0 saturated heterocycles. The maximum atomic E-state index is 12.8. The van der Waals surface area contributed by atoms with Crippen molar-refractivity contribution in [1.29, 1.82) is 0 Å². The van der Waals surface area contributed by atoms with Crippen molar-refractivity contribution in [2.24, 2.45) is 0 Å². The fourth-order valence-electron chi connectivity index (χ4n) is 3.03. The van der Waals surface area contributed by atoms with Crippen LogP contribution in [0.4, 0.5) is 0 Å². The molecule has 10 nitrogen and oxygen atoms in total. The molecule has 0 aliphatic carbocycles. The molecule has 0 aliphatic rings. The van der Waals surface area contributed by atoms with E-state index in [1.165, 1.54) is 32.1 Å². The van der Waals surface area contributed by atoms with Gasteiger partial charge in [-0.2, -0.15) is 9.29 Å². The topological polar surface area (TPSA) is 133 Å². The van der Waals surface area contributed by atoms with Gasteiger partial charge in [-0.25, -0.2) is 13.1 Å². The third kappa shape index (κ3) is 4.41. The van der Waals surface area contributed by atoms with Crippen LogP contribution in [0.2, 0.25) is 0 Å². The van der Waals surface area contributed by atoms with Gasteiger partial charge in [-0.1, -0.05) is 49.0 Å². The highest BCUT2D eigenvalue weighted by Gasteiger charge is 2.23. The summed E-state index contributed by atoms with van der Waals surface area (Å²) >= 11 is 2.82. The van der Waals surface area contributed by atoms with E-state index in [1.54, 1.807) is 38.1 Å². The first-order chi connectivity index (χ1) is 15.4. The molecule has 0 fully saturated rings. The lowest BCUT2D eigenvalue weighted by Crippen LogP contribution is -2.30. The first kappa shape index (κ1) is 22.5. The van der Waals surface area contributed by atoms with E-state index < -0.39 is 10.0 Å². The summed E-state index contributed by atoms with van der Waals surface area (Å²) in [5.41, 5.74) is 0.554. The zero-order valence-corrected chi connectivity index (χ0v) is 19.8. The van der Waals surface area contributed by atoms with Crippen LogP contribution in [0.15, 0.2) is 56.4 Å². The lowest BCUT2D eigenvalue weighted by Gasteiger charge is -2.18. The molecule has 3 aromatic heterocycles. The molecule has 0 saturated carbocycles. The predicted octanol–water partition coefficient (Wildman–Crippen LogP) is 3.09. The number of thiophene rings is 1. The zero-order chi connectivity index (χ0) is 22.7. The van der Waals surface area contributed by atoms with Crippen molar-refractivity contribution >= 4 is 33.1 Å². The Labute approximate surface area is 193 Å². The summed E-state index contributed by atoms with van der Waals surface area (Å²) in [7, 11) is -3.60. The van der Waals surface area contributed by atoms with Crippen molar-refractivity contribution in [3.05, 3.63) is 47.7 Å². The molecule has 4 rings (SSSR count). The molecule has 0 amide bonds. The van der Waals surface area contributed by atoms with Gasteiger partial charge in [0.2, 0.25) is 26.9 Å². The van der Waals surface area contributed by atoms with E-state index in [0.717, 1.165) is 4.88 Å². The van der Waals surface area contributed by atoms with Gasteiger partial charge < -0.3 is 10.4 Å². The number of sulfonamides is 1. The summed E-state index contributed by atoms with van der Waals surface area (Å²) in [6.07, 6.45) is 0. The Hall–Kier alpha value is -2.74. The molecule has 0 radical (unpaired) electrons. The first-order valence-electron chi connectivity index (χ1n) is 9.74. The lowest BCUT2D eigenvalue weighted by molar-refractivity contribution is 0.391. The SMILES string of the molecule is CCN(CC)S(=O)(=O)c1cccc(-c2nnc(SCc3nc(-c4cccs4)no3)n2N)c1. The van der Waals surface area contributed by atoms with Crippen LogP contribution in [0, 0.1) is 0 Å². The fourth-order valence-corrected chi connectivity index (χ4v) is 5.87. The van der Waals surface area contributed by atoms with E-state index >= 15 is 0 Å². The maximum Gasteiger partial charge on any atom is 0.243 e. The largest absolute Gasteiger partial charge is 0.338 e. The fraction of sp³-hybridized carbons (Fsp3) is 0.263. The van der Waals surface area contributed by atoms with Crippen molar-refractivity contribution in [1.82, 2.24) is 29.3 Å². The number of rotatable bonds is 9. The van der Waals surface area contributed by atoms with Crippen LogP contribution in [-0.4, -0.2) is 50.8 Å². The average molecular weight is 492 g/mol. The Balaban J connectivity index is 1.52. The van der Waals surface area contributed by atoms with E-state index in [1.807, 2.05) is 17.5 Å². The van der Waals surface area contributed by atoms with Gasteiger partial charge in [-0.15, -0.1) is 21.5 Å².